The van der Waals surface area contributed by atoms with Crippen LogP contribution in [0.2, 0.25) is 0 Å². The molecule has 5 heterocycles. The van der Waals surface area contributed by atoms with E-state index in [2.05, 4.69) is 9.97 Å². The van der Waals surface area contributed by atoms with Crippen molar-refractivity contribution in [1.29, 1.82) is 0 Å². The van der Waals surface area contributed by atoms with Crippen molar-refractivity contribution in [3.8, 4) is 0 Å². The van der Waals surface area contributed by atoms with Crippen molar-refractivity contribution in [2.24, 2.45) is 0 Å². The van der Waals surface area contributed by atoms with E-state index in [1.165, 1.54) is 0 Å². The third-order valence-electron chi connectivity index (χ3n) is 11.4. The average Bonchev–Trinajstić information content (AvgIpc) is 3.80. The number of hydrogen-bond acceptors (Lipinski definition) is 2. The number of fused-ring (bicyclic) bond motifs is 18. The zero-order valence-electron chi connectivity index (χ0n) is 26.6. The molecule has 9 rings (SSSR count). The maximum Gasteiger partial charge on any atom is 0.420 e. The normalized spacial score (nSPS) is 19.6. The largest absolute Gasteiger partial charge is 0.420 e. The molecule has 48 heavy (non-hydrogen) atoms. The molecule has 0 saturated carbocycles. The van der Waals surface area contributed by atoms with Gasteiger partial charge >= 0.3 is 12.4 Å². The van der Waals surface area contributed by atoms with E-state index in [0.29, 0.717) is 96.1 Å². The van der Waals surface area contributed by atoms with E-state index >= 15 is 26.3 Å². The lowest BCUT2D eigenvalue weighted by Crippen LogP contribution is -2.13. The smallest absolute Gasteiger partial charge is 0.354 e. The Kier molecular flexibility index (Phi) is 6.83. The maximum absolute atomic E-state index is 15.4. The number of nitrogens with zero attached hydrogens (tertiary/aromatic N) is 2. The van der Waals surface area contributed by atoms with Crippen LogP contribution in [0.25, 0.3) is 44.4 Å². The highest BCUT2D eigenvalue weighted by molar-refractivity contribution is 5.99. The third kappa shape index (κ3) is 4.64. The molecule has 2 aliphatic heterocycles. The van der Waals surface area contributed by atoms with Gasteiger partial charge in [-0.25, -0.2) is 9.97 Å². The van der Waals surface area contributed by atoms with Gasteiger partial charge in [-0.3, -0.25) is 0 Å². The summed E-state index contributed by atoms with van der Waals surface area (Å²) in [7, 11) is 0. The lowest BCUT2D eigenvalue weighted by atomic mass is 9.85. The summed E-state index contributed by atoms with van der Waals surface area (Å²) < 4.78 is 92.5. The van der Waals surface area contributed by atoms with Crippen LogP contribution >= 0.6 is 0 Å². The van der Waals surface area contributed by atoms with Gasteiger partial charge in [0, 0.05) is 11.0 Å². The number of aromatic nitrogens is 4. The van der Waals surface area contributed by atoms with Crippen LogP contribution in [0.3, 0.4) is 0 Å². The highest BCUT2D eigenvalue weighted by atomic mass is 19.4. The quantitative estimate of drug-likeness (QED) is 0.235. The van der Waals surface area contributed by atoms with Crippen molar-refractivity contribution in [3.63, 3.8) is 0 Å². The highest BCUT2D eigenvalue weighted by Gasteiger charge is 2.43. The molecule has 4 nitrogen and oxygen atoms in total. The van der Waals surface area contributed by atoms with E-state index in [1.54, 1.807) is 12.1 Å². The lowest BCUT2D eigenvalue weighted by Gasteiger charge is -2.19. The Balaban J connectivity index is 1.52. The summed E-state index contributed by atoms with van der Waals surface area (Å²) in [5.41, 5.74) is 6.19. The molecule has 3 aromatic rings. The molecule has 0 spiro atoms. The molecule has 0 fully saturated rings. The topological polar surface area (TPSA) is 57.4 Å². The number of aryl methyl sites for hydroxylation is 4. The van der Waals surface area contributed by atoms with E-state index < -0.39 is 23.5 Å². The number of rotatable bonds is 0. The fraction of sp³-hybridized carbons (Fsp3) is 0.474. The Morgan fingerprint density at radius 1 is 0.438 bits per heavy atom. The third-order valence-corrected chi connectivity index (χ3v) is 11.4. The molecular weight excluding hydrogens is 626 g/mol. The first kappa shape index (κ1) is 30.3. The number of nitrogens with one attached hydrogen (secondary N) is 2. The summed E-state index contributed by atoms with van der Waals surface area (Å²) in [5, 5.41) is 0. The zero-order chi connectivity index (χ0) is 32.9. The van der Waals surface area contributed by atoms with Gasteiger partial charge < -0.3 is 9.97 Å². The standard InChI is InChI=1S/C38H36F6N4/c39-37(40,41)31-33-23-13-5-1-9-19(23)27(45-33)17-28-20-10-2-6-14-24(20)35(46-28)32(38(42,43)44)36-26-16-8-4-12-22(26)30(48-36)18-29-21-11-3-7-15-25(21)34(31)47-29/h17-18,45,47H,1-16H2. The molecule has 0 radical (unpaired) electrons. The van der Waals surface area contributed by atoms with Crippen LogP contribution in [0.4, 0.5) is 26.3 Å². The van der Waals surface area contributed by atoms with Crippen LogP contribution in [0.15, 0.2) is 12.1 Å². The average molecular weight is 663 g/mol. The Morgan fingerprint density at radius 2 is 0.792 bits per heavy atom. The number of hydrogen-bond donors (Lipinski definition) is 2. The van der Waals surface area contributed by atoms with Gasteiger partial charge in [-0.1, -0.05) is 0 Å². The number of H-pyrrole nitrogens is 2. The predicted molar refractivity (Wildman–Crippen MR) is 175 cm³/mol. The molecule has 10 heteroatoms. The van der Waals surface area contributed by atoms with Crippen LogP contribution in [0.5, 0.6) is 0 Å². The van der Waals surface area contributed by atoms with Crippen molar-refractivity contribution in [3.05, 3.63) is 68.3 Å². The molecule has 2 N–H and O–H groups in total. The minimum Gasteiger partial charge on any atom is -0.354 e. The maximum atomic E-state index is 15.4. The minimum absolute atomic E-state index is 0.0595. The number of alkyl halides is 6. The lowest BCUT2D eigenvalue weighted by molar-refractivity contribution is -0.138. The van der Waals surface area contributed by atoms with Gasteiger partial charge in [0.15, 0.2) is 0 Å². The second kappa shape index (κ2) is 10.8. The molecule has 0 saturated heterocycles. The van der Waals surface area contributed by atoms with Crippen LogP contribution in [-0.2, 0) is 38.0 Å². The summed E-state index contributed by atoms with van der Waals surface area (Å²) in [6.45, 7) is 0. The summed E-state index contributed by atoms with van der Waals surface area (Å²) >= 11 is 0. The van der Waals surface area contributed by atoms with Gasteiger partial charge in [-0.2, -0.15) is 26.3 Å². The van der Waals surface area contributed by atoms with Crippen molar-refractivity contribution in [1.82, 2.24) is 19.9 Å². The second-order valence-corrected chi connectivity index (χ2v) is 14.2. The van der Waals surface area contributed by atoms with Gasteiger partial charge in [0.1, 0.15) is 11.1 Å². The van der Waals surface area contributed by atoms with Gasteiger partial charge in [0.2, 0.25) is 0 Å². The van der Waals surface area contributed by atoms with Crippen molar-refractivity contribution >= 4 is 44.4 Å². The van der Waals surface area contributed by atoms with E-state index in [0.717, 1.165) is 73.6 Å². The van der Waals surface area contributed by atoms with Crippen LogP contribution < -0.4 is 0 Å². The summed E-state index contributed by atoms with van der Waals surface area (Å²) in [6.07, 6.45) is 1.37. The van der Waals surface area contributed by atoms with Gasteiger partial charge in [-0.15, -0.1) is 0 Å². The van der Waals surface area contributed by atoms with E-state index in [9.17, 15) is 0 Å². The molecule has 0 unspecified atom stereocenters. The summed E-state index contributed by atoms with van der Waals surface area (Å²) in [4.78, 5) is 15.9. The van der Waals surface area contributed by atoms with Crippen molar-refractivity contribution in [2.45, 2.75) is 115 Å². The minimum atomic E-state index is -4.70. The molecular formula is C38H36F6N4. The molecule has 0 amide bonds. The molecule has 4 aliphatic carbocycles. The molecule has 6 aliphatic rings. The van der Waals surface area contributed by atoms with Gasteiger partial charge in [-0.05, 0) is 159 Å². The Bertz CT molecular complexity index is 1990. The van der Waals surface area contributed by atoms with Crippen molar-refractivity contribution < 1.29 is 26.3 Å². The number of aromatic amines is 2. The predicted octanol–water partition coefficient (Wildman–Crippen LogP) is 11.1. The molecule has 0 aromatic carbocycles. The number of halogens is 6. The zero-order valence-corrected chi connectivity index (χ0v) is 26.6. The fourth-order valence-corrected chi connectivity index (χ4v) is 9.33. The molecule has 0 atom stereocenters. The highest BCUT2D eigenvalue weighted by Crippen LogP contribution is 2.51. The molecule has 250 valence electrons. The Hall–Kier alpha value is -3.82. The van der Waals surface area contributed by atoms with Gasteiger partial charge in [0.05, 0.1) is 33.8 Å². The Labute approximate surface area is 273 Å². The van der Waals surface area contributed by atoms with E-state index in [4.69, 9.17) is 9.97 Å². The monoisotopic (exact) mass is 662 g/mol. The first-order chi connectivity index (χ1) is 23.1. The SMILES string of the molecule is FC(F)(F)c1c2nc(cc3[nH]c(c4c3CCCC4)c(C(F)(F)F)c3[nH]c(cc4nc1C1=C4CCCC1)c1c3CCCC1)C1=C2CCCC1. The van der Waals surface area contributed by atoms with Crippen LogP contribution in [0.1, 0.15) is 133 Å². The summed E-state index contributed by atoms with van der Waals surface area (Å²) in [5.74, 6) is 0. The second-order valence-electron chi connectivity index (χ2n) is 14.2. The van der Waals surface area contributed by atoms with Crippen LogP contribution in [0, 0.1) is 0 Å². The number of allylic oxidation sites excluding steroid dienone is 4. The fourth-order valence-electron chi connectivity index (χ4n) is 9.33. The molecule has 3 aromatic heterocycles. The first-order valence-electron chi connectivity index (χ1n) is 17.5. The van der Waals surface area contributed by atoms with E-state index in [-0.39, 0.29) is 22.4 Å². The summed E-state index contributed by atoms with van der Waals surface area (Å²) in [6, 6.07) is 3.47. The van der Waals surface area contributed by atoms with Gasteiger partial charge in [0.25, 0.3) is 0 Å². The Morgan fingerprint density at radius 3 is 1.19 bits per heavy atom. The first-order valence-corrected chi connectivity index (χ1v) is 17.5. The van der Waals surface area contributed by atoms with E-state index in [1.807, 2.05) is 0 Å². The molecule has 8 bridgehead atoms. The van der Waals surface area contributed by atoms with Crippen LogP contribution in [-0.4, -0.2) is 19.9 Å². The van der Waals surface area contributed by atoms with Crippen molar-refractivity contribution in [2.75, 3.05) is 0 Å².